The van der Waals surface area contributed by atoms with E-state index >= 15 is 0 Å². The lowest BCUT2D eigenvalue weighted by Gasteiger charge is -2.32. The van der Waals surface area contributed by atoms with Gasteiger partial charge in [0, 0.05) is 18.8 Å². The molecule has 0 amide bonds. The fraction of sp³-hybridized carbons (Fsp3) is 0.400. The van der Waals surface area contributed by atoms with Crippen LogP contribution in [-0.4, -0.2) is 19.6 Å². The molecule has 2 aromatic rings. The van der Waals surface area contributed by atoms with Gasteiger partial charge >= 0.3 is 0 Å². The highest BCUT2D eigenvalue weighted by Crippen LogP contribution is 2.32. The number of anilines is 1. The Hall–Kier alpha value is -1.80. The molecular weight excluding hydrogens is 268 g/mol. The second kappa shape index (κ2) is 6.13. The summed E-state index contributed by atoms with van der Waals surface area (Å²) in [6, 6.07) is 15.8. The maximum Gasteiger partial charge on any atom is 0.0429 e. The number of benzene rings is 2. The van der Waals surface area contributed by atoms with E-state index in [0.29, 0.717) is 0 Å². The maximum absolute atomic E-state index is 3.52. The van der Waals surface area contributed by atoms with Crippen molar-refractivity contribution in [2.75, 3.05) is 24.5 Å². The van der Waals surface area contributed by atoms with E-state index in [1.807, 2.05) is 0 Å². The Kier molecular flexibility index (Phi) is 3.86. The minimum absolute atomic E-state index is 1.03. The molecule has 0 saturated carbocycles. The van der Waals surface area contributed by atoms with Gasteiger partial charge in [-0.1, -0.05) is 36.4 Å². The van der Waals surface area contributed by atoms with Crippen molar-refractivity contribution in [3.05, 3.63) is 64.7 Å². The highest BCUT2D eigenvalue weighted by atomic mass is 15.1. The van der Waals surface area contributed by atoms with Crippen molar-refractivity contribution in [1.82, 2.24) is 5.32 Å². The van der Waals surface area contributed by atoms with Crippen LogP contribution >= 0.6 is 0 Å². The first-order valence-corrected chi connectivity index (χ1v) is 8.54. The van der Waals surface area contributed by atoms with Crippen LogP contribution < -0.4 is 10.2 Å². The smallest absolute Gasteiger partial charge is 0.0429 e. The topological polar surface area (TPSA) is 15.3 Å². The van der Waals surface area contributed by atoms with E-state index in [1.54, 1.807) is 16.7 Å². The third kappa shape index (κ3) is 2.76. The third-order valence-electron chi connectivity index (χ3n) is 4.97. The molecule has 22 heavy (non-hydrogen) atoms. The highest BCUT2D eigenvalue weighted by molar-refractivity contribution is 5.60. The van der Waals surface area contributed by atoms with Crippen molar-refractivity contribution in [3.8, 4) is 0 Å². The largest absolute Gasteiger partial charge is 0.367 e. The van der Waals surface area contributed by atoms with Crippen LogP contribution in [0.1, 0.15) is 28.7 Å². The maximum atomic E-state index is 3.52. The minimum Gasteiger partial charge on any atom is -0.367 e. The number of rotatable bonds is 2. The predicted molar refractivity (Wildman–Crippen MR) is 92.5 cm³/mol. The third-order valence-corrected chi connectivity index (χ3v) is 4.97. The number of hydrogen-bond donors (Lipinski definition) is 1. The van der Waals surface area contributed by atoms with E-state index in [-0.39, 0.29) is 0 Å². The van der Waals surface area contributed by atoms with Gasteiger partial charge in [-0.05, 0) is 67.1 Å². The summed E-state index contributed by atoms with van der Waals surface area (Å²) in [4.78, 5) is 2.58. The van der Waals surface area contributed by atoms with Gasteiger partial charge in [0.1, 0.15) is 0 Å². The second-order valence-electron chi connectivity index (χ2n) is 6.51. The molecule has 0 fully saturated rings. The first-order valence-electron chi connectivity index (χ1n) is 8.54. The van der Waals surface area contributed by atoms with Gasteiger partial charge in [0.25, 0.3) is 0 Å². The summed E-state index contributed by atoms with van der Waals surface area (Å²) in [5.74, 6) is 0. The molecule has 0 aliphatic carbocycles. The summed E-state index contributed by atoms with van der Waals surface area (Å²) in [6.45, 7) is 4.45. The van der Waals surface area contributed by atoms with Crippen molar-refractivity contribution < 1.29 is 0 Å². The number of fused-ring (bicyclic) bond motifs is 2. The first kappa shape index (κ1) is 13.8. The van der Waals surface area contributed by atoms with Gasteiger partial charge in [0.05, 0.1) is 0 Å². The van der Waals surface area contributed by atoms with Crippen LogP contribution in [0.3, 0.4) is 0 Å². The Labute approximate surface area is 133 Å². The standard InChI is InChI=1S/C20H24N2/c1-2-5-16(6-3-1)15-22-12-4-7-19-13-17-8-10-21-11-9-18(17)14-20(19)22/h1-3,5-6,13-14,21H,4,7-12,15H2. The van der Waals surface area contributed by atoms with Gasteiger partial charge in [0.2, 0.25) is 0 Å². The molecule has 114 valence electrons. The van der Waals surface area contributed by atoms with Crippen LogP contribution in [-0.2, 0) is 25.8 Å². The van der Waals surface area contributed by atoms with E-state index in [0.717, 1.165) is 19.6 Å². The number of nitrogens with one attached hydrogen (secondary N) is 1. The summed E-state index contributed by atoms with van der Waals surface area (Å²) in [7, 11) is 0. The Balaban J connectivity index is 1.66. The number of aryl methyl sites for hydroxylation is 1. The van der Waals surface area contributed by atoms with Crippen molar-refractivity contribution in [2.45, 2.75) is 32.2 Å². The normalized spacial score (nSPS) is 17.5. The lowest BCUT2D eigenvalue weighted by atomic mass is 9.93. The van der Waals surface area contributed by atoms with E-state index < -0.39 is 0 Å². The average molecular weight is 292 g/mol. The van der Waals surface area contributed by atoms with Crippen molar-refractivity contribution in [1.29, 1.82) is 0 Å². The number of nitrogens with zero attached hydrogens (tertiary/aromatic N) is 1. The fourth-order valence-electron chi connectivity index (χ4n) is 3.81. The summed E-state index contributed by atoms with van der Waals surface area (Å²) in [5, 5.41) is 3.52. The van der Waals surface area contributed by atoms with Crippen LogP contribution in [0.4, 0.5) is 5.69 Å². The van der Waals surface area contributed by atoms with Gasteiger partial charge in [-0.15, -0.1) is 0 Å². The zero-order valence-corrected chi connectivity index (χ0v) is 13.1. The quantitative estimate of drug-likeness (QED) is 0.913. The van der Waals surface area contributed by atoms with E-state index in [4.69, 9.17) is 0 Å². The van der Waals surface area contributed by atoms with Crippen LogP contribution in [0, 0.1) is 0 Å². The minimum atomic E-state index is 1.03. The Morgan fingerprint density at radius 2 is 1.64 bits per heavy atom. The highest BCUT2D eigenvalue weighted by Gasteiger charge is 2.20. The van der Waals surface area contributed by atoms with Crippen LogP contribution in [0.5, 0.6) is 0 Å². The van der Waals surface area contributed by atoms with E-state index in [2.05, 4.69) is 52.7 Å². The summed E-state index contributed by atoms with van der Waals surface area (Å²) in [6.07, 6.45) is 4.86. The monoisotopic (exact) mass is 292 g/mol. The first-order chi connectivity index (χ1) is 10.9. The molecule has 0 bridgehead atoms. The van der Waals surface area contributed by atoms with E-state index in [9.17, 15) is 0 Å². The Bertz CT molecular complexity index is 648. The molecular formula is C20H24N2. The van der Waals surface area contributed by atoms with Crippen LogP contribution in [0.15, 0.2) is 42.5 Å². The molecule has 0 atom stereocenters. The van der Waals surface area contributed by atoms with Crippen LogP contribution in [0.25, 0.3) is 0 Å². The molecule has 2 heteroatoms. The molecule has 0 unspecified atom stereocenters. The SMILES string of the molecule is c1ccc(CN2CCCc3cc4c(cc32)CCNCC4)cc1. The fourth-order valence-corrected chi connectivity index (χ4v) is 3.81. The molecule has 2 aliphatic heterocycles. The molecule has 2 nitrogen and oxygen atoms in total. The molecule has 0 saturated heterocycles. The lowest BCUT2D eigenvalue weighted by Crippen LogP contribution is -2.29. The van der Waals surface area contributed by atoms with Gasteiger partial charge in [-0.2, -0.15) is 0 Å². The average Bonchev–Trinajstić information content (AvgIpc) is 2.79. The summed E-state index contributed by atoms with van der Waals surface area (Å²) >= 11 is 0. The molecule has 2 aromatic carbocycles. The summed E-state index contributed by atoms with van der Waals surface area (Å²) in [5.41, 5.74) is 7.58. The van der Waals surface area contributed by atoms with Crippen molar-refractivity contribution in [3.63, 3.8) is 0 Å². The van der Waals surface area contributed by atoms with Gasteiger partial charge in [-0.25, -0.2) is 0 Å². The molecule has 0 radical (unpaired) electrons. The lowest BCUT2D eigenvalue weighted by molar-refractivity contribution is 0.689. The molecule has 0 aromatic heterocycles. The molecule has 4 rings (SSSR count). The molecule has 1 N–H and O–H groups in total. The zero-order chi connectivity index (χ0) is 14.8. The van der Waals surface area contributed by atoms with E-state index in [1.165, 1.54) is 43.5 Å². The predicted octanol–water partition coefficient (Wildman–Crippen LogP) is 3.33. The Morgan fingerprint density at radius 1 is 0.864 bits per heavy atom. The zero-order valence-electron chi connectivity index (χ0n) is 13.1. The number of hydrogen-bond acceptors (Lipinski definition) is 2. The Morgan fingerprint density at radius 3 is 2.45 bits per heavy atom. The summed E-state index contributed by atoms with van der Waals surface area (Å²) < 4.78 is 0. The van der Waals surface area contributed by atoms with Gasteiger partial charge in [-0.3, -0.25) is 0 Å². The van der Waals surface area contributed by atoms with Crippen molar-refractivity contribution >= 4 is 5.69 Å². The molecule has 2 aliphatic rings. The second-order valence-corrected chi connectivity index (χ2v) is 6.51. The van der Waals surface area contributed by atoms with Crippen molar-refractivity contribution in [2.24, 2.45) is 0 Å². The van der Waals surface area contributed by atoms with Gasteiger partial charge in [0.15, 0.2) is 0 Å². The van der Waals surface area contributed by atoms with Crippen LogP contribution in [0.2, 0.25) is 0 Å². The molecule has 2 heterocycles. The van der Waals surface area contributed by atoms with Gasteiger partial charge < -0.3 is 10.2 Å². The molecule has 0 spiro atoms.